The molecule has 0 aliphatic carbocycles. The Labute approximate surface area is 172 Å². The van der Waals surface area contributed by atoms with E-state index in [1.54, 1.807) is 23.1 Å². The van der Waals surface area contributed by atoms with E-state index < -0.39 is 0 Å². The first-order chi connectivity index (χ1) is 13.6. The van der Waals surface area contributed by atoms with Gasteiger partial charge in [0, 0.05) is 27.1 Å². The van der Waals surface area contributed by atoms with E-state index in [9.17, 15) is 4.79 Å². The van der Waals surface area contributed by atoms with Gasteiger partial charge in [0.15, 0.2) is 0 Å². The fourth-order valence-corrected chi connectivity index (χ4v) is 4.60. The number of thiazole rings is 1. The number of para-hydroxylation sites is 1. The Morgan fingerprint density at radius 2 is 1.89 bits per heavy atom. The molecule has 6 heteroatoms. The second kappa shape index (κ2) is 8.12. The maximum absolute atomic E-state index is 13.0. The first-order valence-electron chi connectivity index (χ1n) is 8.91. The van der Waals surface area contributed by atoms with Crippen LogP contribution in [0.2, 0.25) is 0 Å². The van der Waals surface area contributed by atoms with Crippen molar-refractivity contribution in [1.82, 2.24) is 9.97 Å². The lowest BCUT2D eigenvalue weighted by Crippen LogP contribution is -2.13. The van der Waals surface area contributed by atoms with Gasteiger partial charge in [-0.3, -0.25) is 9.78 Å². The third-order valence-electron chi connectivity index (χ3n) is 4.28. The van der Waals surface area contributed by atoms with Gasteiger partial charge in [-0.25, -0.2) is 4.98 Å². The zero-order valence-corrected chi connectivity index (χ0v) is 17.2. The van der Waals surface area contributed by atoms with Crippen molar-refractivity contribution in [3.8, 4) is 0 Å². The van der Waals surface area contributed by atoms with Gasteiger partial charge < -0.3 is 5.32 Å². The normalized spacial score (nSPS) is 10.9. The Balaban J connectivity index is 1.58. The molecule has 0 bridgehead atoms. The Morgan fingerprint density at radius 1 is 1.04 bits per heavy atom. The topological polar surface area (TPSA) is 54.9 Å². The van der Waals surface area contributed by atoms with Crippen molar-refractivity contribution in [2.75, 3.05) is 5.32 Å². The van der Waals surface area contributed by atoms with Crippen molar-refractivity contribution in [3.63, 3.8) is 0 Å². The third-order valence-corrected chi connectivity index (χ3v) is 6.21. The van der Waals surface area contributed by atoms with Crippen LogP contribution in [0.15, 0.2) is 64.9 Å². The van der Waals surface area contributed by atoms with Crippen molar-refractivity contribution < 1.29 is 4.79 Å². The maximum Gasteiger partial charge on any atom is 0.256 e. The Morgan fingerprint density at radius 3 is 2.71 bits per heavy atom. The minimum absolute atomic E-state index is 0.131. The number of thioether (sulfide) groups is 1. The second-order valence-corrected chi connectivity index (χ2v) is 8.51. The minimum atomic E-state index is -0.131. The highest BCUT2D eigenvalue weighted by Gasteiger charge is 2.14. The number of pyridine rings is 1. The molecule has 0 spiro atoms. The zero-order valence-electron chi connectivity index (χ0n) is 15.6. The number of nitrogens with zero attached hydrogens (tertiary/aromatic N) is 2. The van der Waals surface area contributed by atoms with Crippen LogP contribution in [0.1, 0.15) is 26.8 Å². The second-order valence-electron chi connectivity index (χ2n) is 6.43. The summed E-state index contributed by atoms with van der Waals surface area (Å²) in [6.45, 7) is 3.95. The van der Waals surface area contributed by atoms with E-state index in [0.29, 0.717) is 5.56 Å². The summed E-state index contributed by atoms with van der Waals surface area (Å²) in [4.78, 5) is 23.0. The quantitative estimate of drug-likeness (QED) is 0.423. The number of aromatic nitrogens is 2. The summed E-state index contributed by atoms with van der Waals surface area (Å²) in [5, 5.41) is 7.17. The predicted molar refractivity (Wildman–Crippen MR) is 117 cm³/mol. The smallest absolute Gasteiger partial charge is 0.256 e. The van der Waals surface area contributed by atoms with Crippen molar-refractivity contribution in [1.29, 1.82) is 0 Å². The molecule has 4 aromatic rings. The number of fused-ring (bicyclic) bond motifs is 1. The zero-order chi connectivity index (χ0) is 19.5. The van der Waals surface area contributed by atoms with Crippen LogP contribution in [0, 0.1) is 13.8 Å². The molecule has 2 heterocycles. The molecule has 4 nitrogen and oxygen atoms in total. The fourth-order valence-electron chi connectivity index (χ4n) is 2.94. The van der Waals surface area contributed by atoms with E-state index in [-0.39, 0.29) is 5.91 Å². The van der Waals surface area contributed by atoms with Crippen LogP contribution in [-0.2, 0) is 5.75 Å². The van der Waals surface area contributed by atoms with E-state index in [4.69, 9.17) is 0 Å². The van der Waals surface area contributed by atoms with Crippen LogP contribution in [0.5, 0.6) is 0 Å². The van der Waals surface area contributed by atoms with E-state index in [2.05, 4.69) is 20.7 Å². The number of benzene rings is 2. The van der Waals surface area contributed by atoms with E-state index in [0.717, 1.165) is 43.6 Å². The highest BCUT2D eigenvalue weighted by Crippen LogP contribution is 2.28. The van der Waals surface area contributed by atoms with Crippen LogP contribution >= 0.6 is 23.1 Å². The lowest BCUT2D eigenvalue weighted by atomic mass is 10.1. The average molecular weight is 406 g/mol. The summed E-state index contributed by atoms with van der Waals surface area (Å²) in [6, 6.07) is 17.5. The van der Waals surface area contributed by atoms with Crippen LogP contribution < -0.4 is 5.32 Å². The number of amides is 1. The van der Waals surface area contributed by atoms with Crippen molar-refractivity contribution in [2.24, 2.45) is 0 Å². The van der Waals surface area contributed by atoms with Crippen LogP contribution in [0.3, 0.4) is 0 Å². The molecule has 2 aromatic carbocycles. The molecule has 0 fully saturated rings. The van der Waals surface area contributed by atoms with Gasteiger partial charge in [0.2, 0.25) is 0 Å². The lowest BCUT2D eigenvalue weighted by molar-refractivity contribution is 0.102. The van der Waals surface area contributed by atoms with Gasteiger partial charge in [0.25, 0.3) is 5.91 Å². The number of hydrogen-bond acceptors (Lipinski definition) is 5. The summed E-state index contributed by atoms with van der Waals surface area (Å²) in [5.41, 5.74) is 4.14. The number of nitrogens with one attached hydrogen (secondary N) is 1. The SMILES string of the molecule is Cc1ccc2cccc(NC(=O)c3ccccc3SCc3csc(C)n3)c2n1. The molecule has 0 saturated heterocycles. The van der Waals surface area contributed by atoms with Crippen LogP contribution in [0.4, 0.5) is 5.69 Å². The van der Waals surface area contributed by atoms with E-state index in [1.807, 2.05) is 68.4 Å². The van der Waals surface area contributed by atoms with Gasteiger partial charge in [-0.2, -0.15) is 0 Å². The summed E-state index contributed by atoms with van der Waals surface area (Å²) in [5.74, 6) is 0.609. The van der Waals surface area contributed by atoms with Crippen molar-refractivity contribution in [2.45, 2.75) is 24.5 Å². The summed E-state index contributed by atoms with van der Waals surface area (Å²) >= 11 is 3.27. The highest BCUT2D eigenvalue weighted by atomic mass is 32.2. The predicted octanol–water partition coefficient (Wildman–Crippen LogP) is 5.85. The molecule has 140 valence electrons. The molecule has 28 heavy (non-hydrogen) atoms. The highest BCUT2D eigenvalue weighted by molar-refractivity contribution is 7.98. The summed E-state index contributed by atoms with van der Waals surface area (Å²) in [7, 11) is 0. The molecule has 0 aliphatic heterocycles. The van der Waals surface area contributed by atoms with Gasteiger partial charge >= 0.3 is 0 Å². The number of carbonyl (C=O) groups is 1. The Kier molecular flexibility index (Phi) is 5.41. The van der Waals surface area contributed by atoms with E-state index >= 15 is 0 Å². The Hall–Kier alpha value is -2.70. The van der Waals surface area contributed by atoms with Gasteiger partial charge in [0.05, 0.1) is 27.5 Å². The molecule has 2 aromatic heterocycles. The molecule has 1 N–H and O–H groups in total. The van der Waals surface area contributed by atoms with Gasteiger partial charge in [-0.1, -0.05) is 30.3 Å². The number of aryl methyl sites for hydroxylation is 2. The molecule has 4 rings (SSSR count). The molecule has 0 unspecified atom stereocenters. The number of rotatable bonds is 5. The molecule has 0 atom stereocenters. The van der Waals surface area contributed by atoms with Gasteiger partial charge in [-0.15, -0.1) is 23.1 Å². The summed E-state index contributed by atoms with van der Waals surface area (Å²) in [6.07, 6.45) is 0. The molecule has 0 aliphatic rings. The first kappa shape index (κ1) is 18.7. The summed E-state index contributed by atoms with van der Waals surface area (Å²) < 4.78 is 0. The largest absolute Gasteiger partial charge is 0.320 e. The molecular weight excluding hydrogens is 386 g/mol. The number of anilines is 1. The average Bonchev–Trinajstić information content (AvgIpc) is 3.12. The van der Waals surface area contributed by atoms with Crippen LogP contribution in [0.25, 0.3) is 10.9 Å². The monoisotopic (exact) mass is 405 g/mol. The first-order valence-corrected chi connectivity index (χ1v) is 10.8. The van der Waals surface area contributed by atoms with Gasteiger partial charge in [0.1, 0.15) is 0 Å². The van der Waals surface area contributed by atoms with Crippen molar-refractivity contribution >= 4 is 45.6 Å². The molecule has 0 saturated carbocycles. The third kappa shape index (κ3) is 4.08. The standard InChI is InChI=1S/C22H19N3OS2/c1-14-10-11-16-6-5-8-19(21(16)23-14)25-22(26)18-7-3-4-9-20(18)28-13-17-12-27-15(2)24-17/h3-12H,13H2,1-2H3,(H,25,26). The molecule has 1 amide bonds. The van der Waals surface area contributed by atoms with Crippen LogP contribution in [-0.4, -0.2) is 15.9 Å². The van der Waals surface area contributed by atoms with Crippen molar-refractivity contribution in [3.05, 3.63) is 81.9 Å². The minimum Gasteiger partial charge on any atom is -0.320 e. The molecule has 0 radical (unpaired) electrons. The fraction of sp³-hybridized carbons (Fsp3) is 0.136. The molecular formula is C22H19N3OS2. The van der Waals surface area contributed by atoms with E-state index in [1.165, 1.54) is 0 Å². The number of carbonyl (C=O) groups excluding carboxylic acids is 1. The number of hydrogen-bond donors (Lipinski definition) is 1. The Bertz CT molecular complexity index is 1150. The lowest BCUT2D eigenvalue weighted by Gasteiger charge is -2.11. The maximum atomic E-state index is 13.0. The van der Waals surface area contributed by atoms with Gasteiger partial charge in [-0.05, 0) is 38.1 Å².